The number of rotatable bonds is 4. The lowest BCUT2D eigenvalue weighted by atomic mass is 10.3. The van der Waals surface area contributed by atoms with Crippen molar-refractivity contribution in [3.8, 4) is 5.75 Å². The Morgan fingerprint density at radius 1 is 1.56 bits per heavy atom. The Bertz CT molecular complexity index is 554. The van der Waals surface area contributed by atoms with Crippen molar-refractivity contribution in [3.05, 3.63) is 41.7 Å². The van der Waals surface area contributed by atoms with E-state index in [4.69, 9.17) is 16.3 Å². The Labute approximate surface area is 109 Å². The van der Waals surface area contributed by atoms with Gasteiger partial charge in [-0.2, -0.15) is 5.10 Å². The molecule has 1 amide bonds. The number of nitrogens with zero attached hydrogens (tertiary/aromatic N) is 2. The Hall–Kier alpha value is -2.01. The SMILES string of the molecule is COc1cccc(NC(=O)Cn2cc(Cl)cn2)c1. The van der Waals surface area contributed by atoms with Crippen molar-refractivity contribution in [1.29, 1.82) is 0 Å². The van der Waals surface area contributed by atoms with Crippen LogP contribution in [0.5, 0.6) is 5.75 Å². The van der Waals surface area contributed by atoms with Crippen LogP contribution in [0.3, 0.4) is 0 Å². The summed E-state index contributed by atoms with van der Waals surface area (Å²) in [6.07, 6.45) is 3.08. The van der Waals surface area contributed by atoms with Crippen LogP contribution in [0.2, 0.25) is 5.02 Å². The van der Waals surface area contributed by atoms with Crippen LogP contribution in [0.1, 0.15) is 0 Å². The highest BCUT2D eigenvalue weighted by atomic mass is 35.5. The average molecular weight is 266 g/mol. The maximum Gasteiger partial charge on any atom is 0.246 e. The number of methoxy groups -OCH3 is 1. The molecule has 0 saturated carbocycles. The monoisotopic (exact) mass is 265 g/mol. The standard InChI is InChI=1S/C12H12ClN3O2/c1-18-11-4-2-3-10(5-11)15-12(17)8-16-7-9(13)6-14-16/h2-7H,8H2,1H3,(H,15,17). The number of benzene rings is 1. The van der Waals surface area contributed by atoms with E-state index >= 15 is 0 Å². The summed E-state index contributed by atoms with van der Waals surface area (Å²) in [5.74, 6) is 0.512. The number of carbonyl (C=O) groups is 1. The van der Waals surface area contributed by atoms with Gasteiger partial charge in [0.05, 0.1) is 18.3 Å². The molecule has 0 aliphatic heterocycles. The maximum atomic E-state index is 11.7. The average Bonchev–Trinajstić information content (AvgIpc) is 2.74. The van der Waals surface area contributed by atoms with Crippen molar-refractivity contribution in [1.82, 2.24) is 9.78 Å². The lowest BCUT2D eigenvalue weighted by Gasteiger charge is -2.06. The Morgan fingerprint density at radius 2 is 2.39 bits per heavy atom. The first-order valence-electron chi connectivity index (χ1n) is 5.29. The number of hydrogen-bond acceptors (Lipinski definition) is 3. The van der Waals surface area contributed by atoms with Gasteiger partial charge in [-0.1, -0.05) is 17.7 Å². The summed E-state index contributed by atoms with van der Waals surface area (Å²) in [5, 5.41) is 7.19. The minimum Gasteiger partial charge on any atom is -0.497 e. The molecule has 0 radical (unpaired) electrons. The predicted molar refractivity (Wildman–Crippen MR) is 68.9 cm³/mol. The summed E-state index contributed by atoms with van der Waals surface area (Å²) in [5.41, 5.74) is 0.678. The molecule has 94 valence electrons. The number of anilines is 1. The van der Waals surface area contributed by atoms with Crippen LogP contribution in [0.25, 0.3) is 0 Å². The number of carbonyl (C=O) groups excluding carboxylic acids is 1. The topological polar surface area (TPSA) is 56.1 Å². The highest BCUT2D eigenvalue weighted by Gasteiger charge is 2.05. The Morgan fingerprint density at radius 3 is 3.06 bits per heavy atom. The normalized spacial score (nSPS) is 10.1. The van der Waals surface area contributed by atoms with E-state index in [9.17, 15) is 4.79 Å². The highest BCUT2D eigenvalue weighted by molar-refractivity contribution is 6.30. The lowest BCUT2D eigenvalue weighted by Crippen LogP contribution is -2.18. The van der Waals surface area contributed by atoms with Gasteiger partial charge in [0.15, 0.2) is 0 Å². The summed E-state index contributed by atoms with van der Waals surface area (Å²) < 4.78 is 6.54. The van der Waals surface area contributed by atoms with Gasteiger partial charge in [0.2, 0.25) is 5.91 Å². The van der Waals surface area contributed by atoms with Gasteiger partial charge >= 0.3 is 0 Å². The minimum absolute atomic E-state index is 0.115. The summed E-state index contributed by atoms with van der Waals surface area (Å²) in [4.78, 5) is 11.7. The summed E-state index contributed by atoms with van der Waals surface area (Å²) >= 11 is 5.71. The fourth-order valence-electron chi connectivity index (χ4n) is 1.47. The molecule has 0 unspecified atom stereocenters. The van der Waals surface area contributed by atoms with Crippen molar-refractivity contribution in [2.75, 3.05) is 12.4 Å². The second kappa shape index (κ2) is 5.55. The van der Waals surface area contributed by atoms with Gasteiger partial charge in [-0.25, -0.2) is 0 Å². The van der Waals surface area contributed by atoms with Gasteiger partial charge in [0.25, 0.3) is 0 Å². The molecular formula is C12H12ClN3O2. The number of ether oxygens (including phenoxy) is 1. The lowest BCUT2D eigenvalue weighted by molar-refractivity contribution is -0.116. The van der Waals surface area contributed by atoms with E-state index in [2.05, 4.69) is 10.4 Å². The maximum absolute atomic E-state index is 11.7. The fourth-order valence-corrected chi connectivity index (χ4v) is 1.63. The van der Waals surface area contributed by atoms with Gasteiger partial charge in [-0.15, -0.1) is 0 Å². The molecule has 0 bridgehead atoms. The molecule has 1 aromatic carbocycles. The summed E-state index contributed by atoms with van der Waals surface area (Å²) in [6.45, 7) is 0.115. The third-order valence-electron chi connectivity index (χ3n) is 2.26. The van der Waals surface area contributed by atoms with Crippen molar-refractivity contribution in [3.63, 3.8) is 0 Å². The number of amides is 1. The first-order chi connectivity index (χ1) is 8.67. The van der Waals surface area contributed by atoms with Crippen LogP contribution < -0.4 is 10.1 Å². The van der Waals surface area contributed by atoms with Crippen LogP contribution in [-0.2, 0) is 11.3 Å². The largest absolute Gasteiger partial charge is 0.497 e. The first kappa shape index (κ1) is 12.4. The van der Waals surface area contributed by atoms with Gasteiger partial charge in [-0.05, 0) is 12.1 Å². The second-order valence-electron chi connectivity index (χ2n) is 3.64. The van der Waals surface area contributed by atoms with Gasteiger partial charge in [-0.3, -0.25) is 9.48 Å². The summed E-state index contributed by atoms with van der Waals surface area (Å²) in [7, 11) is 1.58. The van der Waals surface area contributed by atoms with E-state index in [0.29, 0.717) is 16.5 Å². The molecule has 6 heteroatoms. The smallest absolute Gasteiger partial charge is 0.246 e. The van der Waals surface area contributed by atoms with Crippen LogP contribution in [-0.4, -0.2) is 22.8 Å². The second-order valence-corrected chi connectivity index (χ2v) is 4.07. The Kier molecular flexibility index (Phi) is 3.84. The molecule has 2 aromatic rings. The van der Waals surface area contributed by atoms with Crippen molar-refractivity contribution >= 4 is 23.2 Å². The molecule has 5 nitrogen and oxygen atoms in total. The van der Waals surface area contributed by atoms with Crippen molar-refractivity contribution in [2.45, 2.75) is 6.54 Å². The van der Waals surface area contributed by atoms with E-state index in [1.165, 1.54) is 10.9 Å². The number of halogens is 1. The van der Waals surface area contributed by atoms with E-state index in [1.54, 1.807) is 31.5 Å². The van der Waals surface area contributed by atoms with E-state index in [0.717, 1.165) is 0 Å². The zero-order chi connectivity index (χ0) is 13.0. The molecule has 1 aromatic heterocycles. The molecule has 0 aliphatic rings. The van der Waals surface area contributed by atoms with Gasteiger partial charge in [0, 0.05) is 18.0 Å². The fraction of sp³-hybridized carbons (Fsp3) is 0.167. The summed E-state index contributed by atoms with van der Waals surface area (Å²) in [6, 6.07) is 7.15. The molecule has 0 spiro atoms. The molecular weight excluding hydrogens is 254 g/mol. The molecule has 18 heavy (non-hydrogen) atoms. The van der Waals surface area contributed by atoms with E-state index < -0.39 is 0 Å². The van der Waals surface area contributed by atoms with Crippen LogP contribution in [0.15, 0.2) is 36.7 Å². The van der Waals surface area contributed by atoms with Crippen molar-refractivity contribution < 1.29 is 9.53 Å². The van der Waals surface area contributed by atoms with Crippen LogP contribution >= 0.6 is 11.6 Å². The molecule has 0 aliphatic carbocycles. The van der Waals surface area contributed by atoms with Crippen LogP contribution in [0, 0.1) is 0 Å². The molecule has 1 heterocycles. The zero-order valence-electron chi connectivity index (χ0n) is 9.76. The first-order valence-corrected chi connectivity index (χ1v) is 5.67. The Balaban J connectivity index is 1.98. The third-order valence-corrected chi connectivity index (χ3v) is 2.46. The van der Waals surface area contributed by atoms with E-state index in [-0.39, 0.29) is 12.5 Å². The van der Waals surface area contributed by atoms with Gasteiger partial charge in [0.1, 0.15) is 12.3 Å². The van der Waals surface area contributed by atoms with Crippen LogP contribution in [0.4, 0.5) is 5.69 Å². The third kappa shape index (κ3) is 3.24. The predicted octanol–water partition coefficient (Wildman–Crippen LogP) is 2.18. The molecule has 0 atom stereocenters. The highest BCUT2D eigenvalue weighted by Crippen LogP contribution is 2.16. The number of nitrogens with one attached hydrogen (secondary N) is 1. The number of aromatic nitrogens is 2. The zero-order valence-corrected chi connectivity index (χ0v) is 10.5. The number of hydrogen-bond donors (Lipinski definition) is 1. The molecule has 0 saturated heterocycles. The molecule has 0 fully saturated rings. The molecule has 2 rings (SSSR count). The molecule has 1 N–H and O–H groups in total. The van der Waals surface area contributed by atoms with E-state index in [1.807, 2.05) is 6.07 Å². The van der Waals surface area contributed by atoms with Gasteiger partial charge < -0.3 is 10.1 Å². The quantitative estimate of drug-likeness (QED) is 0.922. The van der Waals surface area contributed by atoms with Crippen molar-refractivity contribution in [2.24, 2.45) is 0 Å². The minimum atomic E-state index is -0.178.